The number of benzene rings is 1. The Hall–Kier alpha value is -2.74. The van der Waals surface area contributed by atoms with Gasteiger partial charge in [-0.15, -0.1) is 0 Å². The van der Waals surface area contributed by atoms with Crippen molar-refractivity contribution >= 4 is 29.4 Å². The van der Waals surface area contributed by atoms with Gasteiger partial charge in [-0.25, -0.2) is 9.78 Å². The Bertz CT molecular complexity index is 855. The maximum atomic E-state index is 12.6. The predicted octanol–water partition coefficient (Wildman–Crippen LogP) is 2.42. The van der Waals surface area contributed by atoms with E-state index in [2.05, 4.69) is 10.3 Å². The van der Waals surface area contributed by atoms with Gasteiger partial charge in [-0.05, 0) is 23.8 Å². The van der Waals surface area contributed by atoms with E-state index in [9.17, 15) is 14.7 Å². The van der Waals surface area contributed by atoms with Crippen molar-refractivity contribution in [3.63, 3.8) is 0 Å². The number of hydrogen-bond donors (Lipinski definition) is 2. The molecule has 2 aromatic rings. The first-order valence-corrected chi connectivity index (χ1v) is 8.56. The highest BCUT2D eigenvalue weighted by Gasteiger charge is 2.46. The van der Waals surface area contributed by atoms with Crippen molar-refractivity contribution in [3.05, 3.63) is 47.7 Å². The number of ether oxygens (including phenoxy) is 1. The molecule has 3 heterocycles. The van der Waals surface area contributed by atoms with Crippen LogP contribution in [0.2, 0.25) is 0 Å². The average Bonchev–Trinajstić information content (AvgIpc) is 2.99. The molecule has 1 aromatic carbocycles. The van der Waals surface area contributed by atoms with Gasteiger partial charge < -0.3 is 15.2 Å². The zero-order valence-corrected chi connectivity index (χ0v) is 14.1. The Kier molecular flexibility index (Phi) is 3.76. The predicted molar refractivity (Wildman–Crippen MR) is 92.0 cm³/mol. The molecule has 0 saturated heterocycles. The van der Waals surface area contributed by atoms with Crippen molar-refractivity contribution in [2.75, 3.05) is 12.0 Å². The number of carboxylic acid groups (broad SMARTS) is 1. The number of thioether (sulfide) groups is 1. The first kappa shape index (κ1) is 15.8. The van der Waals surface area contributed by atoms with Gasteiger partial charge in [0.05, 0.1) is 25.4 Å². The molecule has 2 aliphatic heterocycles. The lowest BCUT2D eigenvalue weighted by Crippen LogP contribution is -2.48. The Morgan fingerprint density at radius 2 is 2.12 bits per heavy atom. The lowest BCUT2D eigenvalue weighted by molar-refractivity contribution is -0.136. The van der Waals surface area contributed by atoms with E-state index in [0.717, 1.165) is 16.9 Å². The lowest BCUT2D eigenvalue weighted by atomic mass is 10.0. The molecule has 25 heavy (non-hydrogen) atoms. The van der Waals surface area contributed by atoms with Crippen LogP contribution < -0.4 is 15.0 Å². The first-order chi connectivity index (χ1) is 12.1. The zero-order chi connectivity index (χ0) is 17.6. The molecular formula is C17H15N3O4S. The minimum Gasteiger partial charge on any atom is -0.497 e. The van der Waals surface area contributed by atoms with Crippen LogP contribution >= 0.6 is 11.8 Å². The Balaban J connectivity index is 1.69. The van der Waals surface area contributed by atoms with Gasteiger partial charge in [-0.1, -0.05) is 23.9 Å². The van der Waals surface area contributed by atoms with E-state index in [1.807, 2.05) is 24.3 Å². The molecule has 1 aromatic heterocycles. The highest BCUT2D eigenvalue weighted by molar-refractivity contribution is 8.00. The fraction of sp³-hybridized carbons (Fsp3) is 0.235. The number of aromatic nitrogens is 1. The van der Waals surface area contributed by atoms with Gasteiger partial charge in [0.1, 0.15) is 16.0 Å². The standard InChI is InChI=1S/C17H15N3O4S/c1-24-10-4-2-9(3-5-10)8-20-11-6-7-18-15-12(11)13(19-17(20)23)14(25-15)16(21)22/h2-7,13-14H,8H2,1H3,(H,19,23)(H,21,22). The van der Waals surface area contributed by atoms with Gasteiger partial charge in [0.2, 0.25) is 0 Å². The third kappa shape index (κ3) is 2.58. The maximum absolute atomic E-state index is 12.6. The Labute approximate surface area is 148 Å². The summed E-state index contributed by atoms with van der Waals surface area (Å²) in [5.74, 6) is -0.208. The molecule has 2 unspecified atom stereocenters. The van der Waals surface area contributed by atoms with Crippen LogP contribution in [0.5, 0.6) is 5.75 Å². The summed E-state index contributed by atoms with van der Waals surface area (Å²) >= 11 is 1.18. The van der Waals surface area contributed by atoms with Crippen LogP contribution in [0, 0.1) is 0 Å². The Morgan fingerprint density at radius 1 is 1.36 bits per heavy atom. The number of carbonyl (C=O) groups is 2. The number of aliphatic carboxylic acids is 1. The van der Waals surface area contributed by atoms with Crippen molar-refractivity contribution in [3.8, 4) is 5.75 Å². The summed E-state index contributed by atoms with van der Waals surface area (Å²) in [5.41, 5.74) is 2.44. The number of nitrogens with one attached hydrogen (secondary N) is 1. The SMILES string of the molecule is COc1ccc(CN2C(=O)NC3c4c2ccnc4SC3C(=O)O)cc1. The van der Waals surface area contributed by atoms with Gasteiger partial charge in [0.15, 0.2) is 0 Å². The second kappa shape index (κ2) is 5.96. The molecule has 0 saturated carbocycles. The monoisotopic (exact) mass is 357 g/mol. The van der Waals surface area contributed by atoms with Gasteiger partial charge in [0, 0.05) is 11.8 Å². The summed E-state index contributed by atoms with van der Waals surface area (Å²) in [6.45, 7) is 0.376. The van der Waals surface area contributed by atoms with E-state index >= 15 is 0 Å². The van der Waals surface area contributed by atoms with Crippen molar-refractivity contribution in [2.24, 2.45) is 0 Å². The van der Waals surface area contributed by atoms with Crippen LogP contribution in [0.15, 0.2) is 41.6 Å². The number of anilines is 1. The summed E-state index contributed by atoms with van der Waals surface area (Å²) in [6.07, 6.45) is 1.61. The van der Waals surface area contributed by atoms with Crippen molar-refractivity contribution < 1.29 is 19.4 Å². The smallest absolute Gasteiger partial charge is 0.322 e. The molecule has 128 valence electrons. The number of carboxylic acids is 1. The third-order valence-corrected chi connectivity index (χ3v) is 5.62. The molecule has 7 nitrogen and oxygen atoms in total. The van der Waals surface area contributed by atoms with Crippen LogP contribution in [-0.4, -0.2) is 34.5 Å². The van der Waals surface area contributed by atoms with Crippen LogP contribution in [0.3, 0.4) is 0 Å². The van der Waals surface area contributed by atoms with Crippen LogP contribution in [0.1, 0.15) is 17.2 Å². The number of hydrogen-bond acceptors (Lipinski definition) is 5. The van der Waals surface area contributed by atoms with E-state index in [4.69, 9.17) is 4.74 Å². The molecule has 4 rings (SSSR count). The molecule has 8 heteroatoms. The molecular weight excluding hydrogens is 342 g/mol. The highest BCUT2D eigenvalue weighted by atomic mass is 32.2. The van der Waals surface area contributed by atoms with Crippen LogP contribution in [-0.2, 0) is 11.3 Å². The average molecular weight is 357 g/mol. The second-order valence-electron chi connectivity index (χ2n) is 5.79. The van der Waals surface area contributed by atoms with E-state index in [1.165, 1.54) is 11.8 Å². The normalized spacial score (nSPS) is 20.8. The molecule has 2 amide bonds. The summed E-state index contributed by atoms with van der Waals surface area (Å²) < 4.78 is 5.15. The first-order valence-electron chi connectivity index (χ1n) is 7.68. The number of methoxy groups -OCH3 is 1. The maximum Gasteiger partial charge on any atom is 0.322 e. The van der Waals surface area contributed by atoms with Crippen LogP contribution in [0.4, 0.5) is 10.5 Å². The summed E-state index contributed by atoms with van der Waals surface area (Å²) in [4.78, 5) is 30.0. The molecule has 0 aliphatic carbocycles. The number of pyridine rings is 1. The summed E-state index contributed by atoms with van der Waals surface area (Å²) in [6, 6.07) is 8.38. The molecule has 2 atom stereocenters. The van der Waals surface area contributed by atoms with Gasteiger partial charge in [-0.3, -0.25) is 9.69 Å². The van der Waals surface area contributed by atoms with E-state index in [0.29, 0.717) is 17.3 Å². The number of amides is 2. The zero-order valence-electron chi connectivity index (χ0n) is 13.3. The quantitative estimate of drug-likeness (QED) is 0.873. The molecule has 0 radical (unpaired) electrons. The molecule has 0 spiro atoms. The number of rotatable bonds is 4. The van der Waals surface area contributed by atoms with Gasteiger partial charge >= 0.3 is 12.0 Å². The van der Waals surface area contributed by atoms with E-state index in [-0.39, 0.29) is 6.03 Å². The minimum atomic E-state index is -0.956. The van der Waals surface area contributed by atoms with E-state index in [1.54, 1.807) is 24.3 Å². The summed E-state index contributed by atoms with van der Waals surface area (Å²) in [7, 11) is 1.60. The van der Waals surface area contributed by atoms with Crippen molar-refractivity contribution in [1.82, 2.24) is 10.3 Å². The third-order valence-electron chi connectivity index (χ3n) is 4.34. The highest BCUT2D eigenvalue weighted by Crippen LogP contribution is 2.49. The Morgan fingerprint density at radius 3 is 2.80 bits per heavy atom. The lowest BCUT2D eigenvalue weighted by Gasteiger charge is -2.33. The van der Waals surface area contributed by atoms with Gasteiger partial charge in [0.25, 0.3) is 0 Å². The van der Waals surface area contributed by atoms with Crippen molar-refractivity contribution in [1.29, 1.82) is 0 Å². The molecule has 0 bridgehead atoms. The topological polar surface area (TPSA) is 91.8 Å². The summed E-state index contributed by atoms with van der Waals surface area (Å²) in [5, 5.41) is 12.1. The number of carbonyl (C=O) groups excluding carboxylic acids is 1. The van der Waals surface area contributed by atoms with Gasteiger partial charge in [-0.2, -0.15) is 0 Å². The molecule has 2 N–H and O–H groups in total. The second-order valence-corrected chi connectivity index (χ2v) is 6.92. The number of urea groups is 1. The minimum absolute atomic E-state index is 0.306. The fourth-order valence-corrected chi connectivity index (χ4v) is 4.30. The molecule has 0 fully saturated rings. The van der Waals surface area contributed by atoms with E-state index < -0.39 is 17.3 Å². The molecule has 2 aliphatic rings. The fourth-order valence-electron chi connectivity index (χ4n) is 3.14. The number of nitrogens with zero attached hydrogens (tertiary/aromatic N) is 2. The van der Waals surface area contributed by atoms with Crippen LogP contribution in [0.25, 0.3) is 0 Å². The largest absolute Gasteiger partial charge is 0.497 e. The van der Waals surface area contributed by atoms with Crippen molar-refractivity contribution in [2.45, 2.75) is 22.9 Å².